The lowest BCUT2D eigenvalue weighted by Gasteiger charge is -2.00. The van der Waals surface area contributed by atoms with Crippen LogP contribution in [0.5, 0.6) is 5.75 Å². The van der Waals surface area contributed by atoms with E-state index >= 15 is 0 Å². The number of benzene rings is 1. The van der Waals surface area contributed by atoms with Crippen LogP contribution < -0.4 is 5.73 Å². The summed E-state index contributed by atoms with van der Waals surface area (Å²) in [6.07, 6.45) is 1.61. The molecular formula is C8H7FN2O. The van der Waals surface area contributed by atoms with E-state index in [4.69, 9.17) is 5.73 Å². The van der Waals surface area contributed by atoms with Gasteiger partial charge in [-0.2, -0.15) is 0 Å². The third kappa shape index (κ3) is 0.747. The van der Waals surface area contributed by atoms with Crippen molar-refractivity contribution in [1.29, 1.82) is 0 Å². The third-order valence-corrected chi connectivity index (χ3v) is 1.82. The molecule has 0 radical (unpaired) electrons. The summed E-state index contributed by atoms with van der Waals surface area (Å²) in [5.41, 5.74) is 5.60. The van der Waals surface area contributed by atoms with E-state index in [2.05, 4.69) is 4.98 Å². The maximum absolute atomic E-state index is 12.9. The molecule has 1 aromatic carbocycles. The summed E-state index contributed by atoms with van der Waals surface area (Å²) in [5, 5.41) is 9.88. The Hall–Kier alpha value is -1.71. The van der Waals surface area contributed by atoms with Crippen molar-refractivity contribution in [2.75, 3.05) is 5.73 Å². The Balaban J connectivity index is 2.94. The first-order valence-corrected chi connectivity index (χ1v) is 3.44. The van der Waals surface area contributed by atoms with Gasteiger partial charge < -0.3 is 15.8 Å². The third-order valence-electron chi connectivity index (χ3n) is 1.82. The largest absolute Gasteiger partial charge is 0.505 e. The number of hydrogen-bond donors (Lipinski definition) is 3. The van der Waals surface area contributed by atoms with Gasteiger partial charge in [0, 0.05) is 17.6 Å². The minimum atomic E-state index is -0.609. The number of fused-ring (bicyclic) bond motifs is 1. The number of nitrogens with two attached hydrogens (primary N) is 1. The second-order valence-corrected chi connectivity index (χ2v) is 2.56. The Morgan fingerprint density at radius 1 is 1.50 bits per heavy atom. The zero-order valence-electron chi connectivity index (χ0n) is 6.13. The molecule has 0 saturated heterocycles. The van der Waals surface area contributed by atoms with Crippen molar-refractivity contribution < 1.29 is 9.50 Å². The van der Waals surface area contributed by atoms with Crippen LogP contribution >= 0.6 is 0 Å². The summed E-state index contributed by atoms with van der Waals surface area (Å²) in [6.45, 7) is 0. The van der Waals surface area contributed by atoms with E-state index in [-0.39, 0.29) is 11.4 Å². The normalized spacial score (nSPS) is 10.8. The molecule has 0 fully saturated rings. The zero-order chi connectivity index (χ0) is 8.72. The summed E-state index contributed by atoms with van der Waals surface area (Å²) in [4.78, 5) is 2.77. The number of nitrogen functional groups attached to an aromatic ring is 1. The van der Waals surface area contributed by atoms with Crippen molar-refractivity contribution >= 4 is 16.6 Å². The molecule has 0 saturated carbocycles. The van der Waals surface area contributed by atoms with Crippen molar-refractivity contribution in [3.63, 3.8) is 0 Å². The maximum atomic E-state index is 12.9. The number of nitrogens with one attached hydrogen (secondary N) is 1. The lowest BCUT2D eigenvalue weighted by atomic mass is 10.2. The van der Waals surface area contributed by atoms with Gasteiger partial charge in [-0.05, 0) is 6.07 Å². The number of H-pyrrole nitrogens is 1. The fourth-order valence-corrected chi connectivity index (χ4v) is 1.17. The Morgan fingerprint density at radius 3 is 3.00 bits per heavy atom. The number of phenols is 1. The Bertz CT molecular complexity index is 436. The van der Waals surface area contributed by atoms with E-state index in [1.165, 1.54) is 6.07 Å². The SMILES string of the molecule is Nc1c(F)cc2[nH]ccc2c1O. The molecule has 1 heterocycles. The van der Waals surface area contributed by atoms with Crippen molar-refractivity contribution in [1.82, 2.24) is 4.98 Å². The first-order chi connectivity index (χ1) is 5.70. The van der Waals surface area contributed by atoms with Gasteiger partial charge in [0.25, 0.3) is 0 Å². The monoisotopic (exact) mass is 166 g/mol. The van der Waals surface area contributed by atoms with Crippen LogP contribution in [0.25, 0.3) is 10.9 Å². The van der Waals surface area contributed by atoms with E-state index < -0.39 is 5.82 Å². The summed E-state index contributed by atoms with van der Waals surface area (Å²) in [5.74, 6) is -0.811. The summed E-state index contributed by atoms with van der Waals surface area (Å²) in [7, 11) is 0. The average molecular weight is 166 g/mol. The van der Waals surface area contributed by atoms with Gasteiger partial charge in [0.1, 0.15) is 5.69 Å². The molecule has 1 aromatic heterocycles. The van der Waals surface area contributed by atoms with Gasteiger partial charge in [-0.1, -0.05) is 0 Å². The van der Waals surface area contributed by atoms with Crippen LogP contribution in [0.15, 0.2) is 18.3 Å². The van der Waals surface area contributed by atoms with E-state index in [1.807, 2.05) is 0 Å². The Morgan fingerprint density at radius 2 is 2.25 bits per heavy atom. The van der Waals surface area contributed by atoms with Gasteiger partial charge in [-0.25, -0.2) is 4.39 Å². The summed E-state index contributed by atoms with van der Waals surface area (Å²) in [6, 6.07) is 2.89. The van der Waals surface area contributed by atoms with E-state index in [0.29, 0.717) is 10.9 Å². The van der Waals surface area contributed by atoms with Crippen LogP contribution in [-0.4, -0.2) is 10.1 Å². The van der Waals surface area contributed by atoms with Gasteiger partial charge in [-0.15, -0.1) is 0 Å². The van der Waals surface area contributed by atoms with Crippen LogP contribution in [0.2, 0.25) is 0 Å². The number of hydrogen-bond acceptors (Lipinski definition) is 2. The molecule has 0 aliphatic carbocycles. The average Bonchev–Trinajstić information content (AvgIpc) is 2.48. The molecular weight excluding hydrogens is 159 g/mol. The molecule has 0 atom stereocenters. The van der Waals surface area contributed by atoms with Gasteiger partial charge in [0.15, 0.2) is 11.6 Å². The van der Waals surface area contributed by atoms with Crippen molar-refractivity contribution in [3.8, 4) is 5.75 Å². The molecule has 2 rings (SSSR count). The van der Waals surface area contributed by atoms with Gasteiger partial charge in [-0.3, -0.25) is 0 Å². The Kier molecular flexibility index (Phi) is 1.24. The molecule has 0 aliphatic heterocycles. The van der Waals surface area contributed by atoms with Crippen LogP contribution in [-0.2, 0) is 0 Å². The van der Waals surface area contributed by atoms with Crippen LogP contribution in [0.3, 0.4) is 0 Å². The lowest BCUT2D eigenvalue weighted by Crippen LogP contribution is -1.90. The highest BCUT2D eigenvalue weighted by atomic mass is 19.1. The highest BCUT2D eigenvalue weighted by Crippen LogP contribution is 2.31. The molecule has 0 aliphatic rings. The fraction of sp³-hybridized carbons (Fsp3) is 0. The number of halogens is 1. The quantitative estimate of drug-likeness (QED) is 0.411. The number of aromatic amines is 1. The van der Waals surface area contributed by atoms with Gasteiger partial charge in [0.05, 0.1) is 5.52 Å². The molecule has 0 spiro atoms. The lowest BCUT2D eigenvalue weighted by molar-refractivity contribution is 0.479. The van der Waals surface area contributed by atoms with E-state index in [9.17, 15) is 9.50 Å². The highest BCUT2D eigenvalue weighted by molar-refractivity contribution is 5.90. The first-order valence-electron chi connectivity index (χ1n) is 3.44. The molecule has 2 aromatic rings. The molecule has 0 amide bonds. The Labute approximate surface area is 67.6 Å². The van der Waals surface area contributed by atoms with Gasteiger partial charge in [0.2, 0.25) is 0 Å². The van der Waals surface area contributed by atoms with Crippen LogP contribution in [0.1, 0.15) is 0 Å². The molecule has 0 unspecified atom stereocenters. The standard InChI is InChI=1S/C8H7FN2O/c9-5-3-6-4(1-2-11-6)8(12)7(5)10/h1-3,11-12H,10H2. The van der Waals surface area contributed by atoms with Gasteiger partial charge >= 0.3 is 0 Å². The summed E-state index contributed by atoms with van der Waals surface area (Å²) >= 11 is 0. The number of rotatable bonds is 0. The molecule has 12 heavy (non-hydrogen) atoms. The van der Waals surface area contributed by atoms with Crippen molar-refractivity contribution in [2.24, 2.45) is 0 Å². The second kappa shape index (κ2) is 2.14. The predicted molar refractivity (Wildman–Crippen MR) is 44.3 cm³/mol. The molecule has 4 N–H and O–H groups in total. The minimum absolute atomic E-state index is 0.203. The molecule has 0 bridgehead atoms. The smallest absolute Gasteiger partial charge is 0.152 e. The van der Waals surface area contributed by atoms with E-state index in [0.717, 1.165) is 0 Å². The number of aromatic nitrogens is 1. The number of anilines is 1. The topological polar surface area (TPSA) is 62.0 Å². The molecule has 62 valence electrons. The van der Waals surface area contributed by atoms with Crippen LogP contribution in [0.4, 0.5) is 10.1 Å². The first kappa shape index (κ1) is 6.97. The minimum Gasteiger partial charge on any atom is -0.505 e. The second-order valence-electron chi connectivity index (χ2n) is 2.56. The van der Waals surface area contributed by atoms with Crippen molar-refractivity contribution in [3.05, 3.63) is 24.1 Å². The zero-order valence-corrected chi connectivity index (χ0v) is 6.13. The highest BCUT2D eigenvalue weighted by Gasteiger charge is 2.09. The van der Waals surface area contributed by atoms with E-state index in [1.54, 1.807) is 12.3 Å². The summed E-state index contributed by atoms with van der Waals surface area (Å²) < 4.78 is 12.9. The number of aromatic hydroxyl groups is 1. The predicted octanol–water partition coefficient (Wildman–Crippen LogP) is 1.59. The molecule has 4 heteroatoms. The van der Waals surface area contributed by atoms with Crippen molar-refractivity contribution in [2.45, 2.75) is 0 Å². The maximum Gasteiger partial charge on any atom is 0.152 e. The fourth-order valence-electron chi connectivity index (χ4n) is 1.17. The van der Waals surface area contributed by atoms with Crippen LogP contribution in [0, 0.1) is 5.82 Å². The number of phenolic OH excluding ortho intramolecular Hbond substituents is 1. The molecule has 3 nitrogen and oxygen atoms in total.